The minimum Gasteiger partial charge on any atom is -0.310 e. The first-order valence-electron chi connectivity index (χ1n) is 8.33. The zero-order valence-electron chi connectivity index (χ0n) is 13.5. The highest BCUT2D eigenvalue weighted by Gasteiger charge is 2.27. The van der Waals surface area contributed by atoms with Gasteiger partial charge >= 0.3 is 0 Å². The minimum atomic E-state index is 0.760. The van der Waals surface area contributed by atoms with Crippen molar-refractivity contribution in [1.82, 2.24) is 10.2 Å². The van der Waals surface area contributed by atoms with Gasteiger partial charge in [0.1, 0.15) is 0 Å². The summed E-state index contributed by atoms with van der Waals surface area (Å²) in [6.45, 7) is 8.06. The van der Waals surface area contributed by atoms with E-state index >= 15 is 0 Å². The molecule has 2 atom stereocenters. The average Bonchev–Trinajstić information content (AvgIpc) is 2.47. The van der Waals surface area contributed by atoms with E-state index in [4.69, 9.17) is 0 Å². The zero-order chi connectivity index (χ0) is 14.4. The summed E-state index contributed by atoms with van der Waals surface area (Å²) in [6, 6.07) is 1.53. The highest BCUT2D eigenvalue weighted by molar-refractivity contribution is 7.99. The number of nitrogens with one attached hydrogen (secondary N) is 1. The SMILES string of the molecule is CSC1CCCCC1NC1CCN(CC=C(C)C)CC1. The second kappa shape index (κ2) is 8.45. The van der Waals surface area contributed by atoms with Crippen LogP contribution >= 0.6 is 11.8 Å². The third-order valence-corrected chi connectivity index (χ3v) is 5.97. The van der Waals surface area contributed by atoms with Gasteiger partial charge in [-0.15, -0.1) is 0 Å². The van der Waals surface area contributed by atoms with Crippen molar-refractivity contribution < 1.29 is 0 Å². The summed E-state index contributed by atoms with van der Waals surface area (Å²) < 4.78 is 0. The van der Waals surface area contributed by atoms with Gasteiger partial charge in [-0.1, -0.05) is 24.5 Å². The monoisotopic (exact) mass is 296 g/mol. The van der Waals surface area contributed by atoms with Crippen molar-refractivity contribution in [2.45, 2.75) is 69.7 Å². The van der Waals surface area contributed by atoms with Crippen LogP contribution in [0.4, 0.5) is 0 Å². The Bertz CT molecular complexity index is 304. The molecule has 1 saturated heterocycles. The lowest BCUT2D eigenvalue weighted by atomic mass is 9.93. The number of nitrogens with zero attached hydrogens (tertiary/aromatic N) is 1. The van der Waals surface area contributed by atoms with Gasteiger partial charge in [0.25, 0.3) is 0 Å². The van der Waals surface area contributed by atoms with Gasteiger partial charge in [0.2, 0.25) is 0 Å². The molecule has 0 aromatic carbocycles. The van der Waals surface area contributed by atoms with E-state index in [1.54, 1.807) is 0 Å². The molecule has 0 spiro atoms. The fraction of sp³-hybridized carbons (Fsp3) is 0.882. The number of likely N-dealkylation sites (tertiary alicyclic amines) is 1. The van der Waals surface area contributed by atoms with Crippen LogP contribution in [0.15, 0.2) is 11.6 Å². The molecule has 2 unspecified atom stereocenters. The van der Waals surface area contributed by atoms with Crippen LogP contribution in [0.3, 0.4) is 0 Å². The number of hydrogen-bond acceptors (Lipinski definition) is 3. The van der Waals surface area contributed by atoms with Crippen molar-refractivity contribution >= 4 is 11.8 Å². The first-order chi connectivity index (χ1) is 9.69. The summed E-state index contributed by atoms with van der Waals surface area (Å²) in [4.78, 5) is 2.60. The second-order valence-electron chi connectivity index (χ2n) is 6.69. The highest BCUT2D eigenvalue weighted by atomic mass is 32.2. The predicted octanol–water partition coefficient (Wildman–Crippen LogP) is 3.68. The smallest absolute Gasteiger partial charge is 0.0198 e. The van der Waals surface area contributed by atoms with Crippen molar-refractivity contribution in [2.24, 2.45) is 0 Å². The Labute approximate surface area is 129 Å². The summed E-state index contributed by atoms with van der Waals surface area (Å²) >= 11 is 2.07. The van der Waals surface area contributed by atoms with Gasteiger partial charge in [-0.25, -0.2) is 0 Å². The van der Waals surface area contributed by atoms with E-state index in [-0.39, 0.29) is 0 Å². The van der Waals surface area contributed by atoms with Crippen molar-refractivity contribution in [2.75, 3.05) is 25.9 Å². The normalized spacial score (nSPS) is 29.4. The van der Waals surface area contributed by atoms with Crippen molar-refractivity contribution in [3.63, 3.8) is 0 Å². The maximum absolute atomic E-state index is 3.98. The molecular weight excluding hydrogens is 264 g/mol. The summed E-state index contributed by atoms with van der Waals surface area (Å²) in [6.07, 6.45) is 13.0. The van der Waals surface area contributed by atoms with Crippen LogP contribution in [0.5, 0.6) is 0 Å². The molecule has 0 aromatic rings. The van der Waals surface area contributed by atoms with E-state index in [9.17, 15) is 0 Å². The van der Waals surface area contributed by atoms with E-state index in [1.807, 2.05) is 0 Å². The van der Waals surface area contributed by atoms with Crippen LogP contribution in [-0.4, -0.2) is 48.1 Å². The van der Waals surface area contributed by atoms with Crippen LogP contribution in [0.1, 0.15) is 52.4 Å². The third kappa shape index (κ3) is 5.09. The molecule has 1 aliphatic heterocycles. The number of piperidine rings is 1. The molecule has 0 bridgehead atoms. The van der Waals surface area contributed by atoms with Crippen molar-refractivity contribution in [1.29, 1.82) is 0 Å². The number of rotatable bonds is 5. The minimum absolute atomic E-state index is 0.760. The van der Waals surface area contributed by atoms with E-state index in [0.717, 1.165) is 23.9 Å². The summed E-state index contributed by atoms with van der Waals surface area (Å²) in [7, 11) is 0. The molecule has 0 amide bonds. The first kappa shape index (κ1) is 16.4. The molecule has 2 fully saturated rings. The largest absolute Gasteiger partial charge is 0.310 e. The lowest BCUT2D eigenvalue weighted by Crippen LogP contribution is -2.50. The van der Waals surface area contributed by atoms with Crippen molar-refractivity contribution in [3.05, 3.63) is 11.6 Å². The van der Waals surface area contributed by atoms with Gasteiger partial charge in [-0.05, 0) is 58.9 Å². The van der Waals surface area contributed by atoms with Gasteiger partial charge in [0, 0.05) is 23.9 Å². The van der Waals surface area contributed by atoms with Crippen LogP contribution in [0.25, 0.3) is 0 Å². The Morgan fingerprint density at radius 1 is 1.15 bits per heavy atom. The van der Waals surface area contributed by atoms with E-state index in [1.165, 1.54) is 57.2 Å². The van der Waals surface area contributed by atoms with Crippen LogP contribution in [0.2, 0.25) is 0 Å². The molecule has 0 aromatic heterocycles. The van der Waals surface area contributed by atoms with E-state index < -0.39 is 0 Å². The molecule has 2 nitrogen and oxygen atoms in total. The number of thioether (sulfide) groups is 1. The fourth-order valence-corrected chi connectivity index (χ4v) is 4.41. The molecule has 116 valence electrons. The molecule has 20 heavy (non-hydrogen) atoms. The van der Waals surface area contributed by atoms with Gasteiger partial charge in [-0.3, -0.25) is 4.90 Å². The molecule has 3 heteroatoms. The van der Waals surface area contributed by atoms with E-state index in [0.29, 0.717) is 0 Å². The van der Waals surface area contributed by atoms with Gasteiger partial charge in [0.15, 0.2) is 0 Å². The molecular formula is C17H32N2S. The fourth-order valence-electron chi connectivity index (χ4n) is 3.47. The van der Waals surface area contributed by atoms with Crippen LogP contribution in [0, 0.1) is 0 Å². The standard InChI is InChI=1S/C17H32N2S/c1-14(2)8-11-19-12-9-15(10-13-19)18-16-6-4-5-7-17(16)20-3/h8,15-18H,4-7,9-13H2,1-3H3. The molecule has 1 saturated carbocycles. The molecule has 0 radical (unpaired) electrons. The highest BCUT2D eigenvalue weighted by Crippen LogP contribution is 2.28. The Morgan fingerprint density at radius 3 is 2.50 bits per heavy atom. The number of hydrogen-bond donors (Lipinski definition) is 1. The van der Waals surface area contributed by atoms with Crippen LogP contribution in [-0.2, 0) is 0 Å². The molecule has 1 aliphatic carbocycles. The average molecular weight is 297 g/mol. The quantitative estimate of drug-likeness (QED) is 0.779. The summed E-state index contributed by atoms with van der Waals surface area (Å²) in [5, 5.41) is 4.84. The van der Waals surface area contributed by atoms with Crippen molar-refractivity contribution in [3.8, 4) is 0 Å². The Kier molecular flexibility index (Phi) is 6.92. The van der Waals surface area contributed by atoms with E-state index in [2.05, 4.69) is 48.2 Å². The second-order valence-corrected chi connectivity index (χ2v) is 7.77. The van der Waals surface area contributed by atoms with Gasteiger partial charge in [-0.2, -0.15) is 11.8 Å². The topological polar surface area (TPSA) is 15.3 Å². The lowest BCUT2D eigenvalue weighted by Gasteiger charge is -2.38. The number of allylic oxidation sites excluding steroid dienone is 1. The summed E-state index contributed by atoms with van der Waals surface area (Å²) in [5.41, 5.74) is 1.44. The molecule has 2 rings (SSSR count). The predicted molar refractivity (Wildman–Crippen MR) is 91.6 cm³/mol. The van der Waals surface area contributed by atoms with Gasteiger partial charge in [0.05, 0.1) is 0 Å². The maximum Gasteiger partial charge on any atom is 0.0198 e. The maximum atomic E-state index is 3.98. The molecule has 1 heterocycles. The van der Waals surface area contributed by atoms with Gasteiger partial charge < -0.3 is 5.32 Å². The Hall–Kier alpha value is 0.0100. The first-order valence-corrected chi connectivity index (χ1v) is 9.62. The summed E-state index contributed by atoms with van der Waals surface area (Å²) in [5.74, 6) is 0. The van der Waals surface area contributed by atoms with Crippen LogP contribution < -0.4 is 5.32 Å². The zero-order valence-corrected chi connectivity index (χ0v) is 14.3. The molecule has 1 N–H and O–H groups in total. The Morgan fingerprint density at radius 2 is 1.85 bits per heavy atom. The molecule has 2 aliphatic rings. The lowest BCUT2D eigenvalue weighted by molar-refractivity contribution is 0.199. The Balaban J connectivity index is 1.72. The third-order valence-electron chi connectivity index (χ3n) is 4.80.